The largest absolute Gasteiger partial charge is 0.369 e. The van der Waals surface area contributed by atoms with Crippen LogP contribution >= 0.6 is 16.6 Å². The van der Waals surface area contributed by atoms with Gasteiger partial charge in [0.05, 0.1) is 0 Å². The van der Waals surface area contributed by atoms with Crippen molar-refractivity contribution in [2.24, 2.45) is 0 Å². The van der Waals surface area contributed by atoms with E-state index in [0.717, 1.165) is 0 Å². The standard InChI is InChI=1S/3ClH.H3N.Pb/h3*1H;1H3;/q;;;;+2/p-2. The number of rotatable bonds is 0. The topological polar surface area (TPSA) is 36.5 Å². The molecule has 0 bridgehead atoms. The van der Waals surface area contributed by atoms with Gasteiger partial charge in [0, 0.05) is 0 Å². The molecule has 0 aromatic heterocycles. The maximum absolute atomic E-state index is 4.96. The summed E-state index contributed by atoms with van der Waals surface area (Å²) in [6, 6.07) is 0. The van der Waals surface area contributed by atoms with E-state index in [1.54, 1.807) is 0 Å². The van der Waals surface area contributed by atoms with Crippen molar-refractivity contribution < 1.29 is 12.4 Å². The Kier molecular flexibility index (Phi) is 54.4. The number of quaternary nitrogens is 1. The van der Waals surface area contributed by atoms with Crippen LogP contribution in [-0.2, 0) is 0 Å². The van der Waals surface area contributed by atoms with Crippen molar-refractivity contribution in [2.75, 3.05) is 0 Å². The summed E-state index contributed by atoms with van der Waals surface area (Å²) < 4.78 is 0. The maximum Gasteiger partial charge on any atom is -0.369 e. The Balaban J connectivity index is -0.0000000200. The van der Waals surface area contributed by atoms with E-state index < -0.39 is 21.8 Å². The molecule has 0 spiro atoms. The monoisotopic (exact) mass is 331 g/mol. The zero-order valence-corrected chi connectivity index (χ0v) is 8.79. The Morgan fingerprint density at radius 1 is 1.20 bits per heavy atom. The summed E-state index contributed by atoms with van der Waals surface area (Å²) >= 11 is -0.972. The summed E-state index contributed by atoms with van der Waals surface area (Å²) in [5.41, 5.74) is 0. The summed E-state index contributed by atoms with van der Waals surface area (Å²) in [5, 5.41) is 0. The van der Waals surface area contributed by atoms with Gasteiger partial charge in [-0.15, -0.1) is 0 Å². The zero-order chi connectivity index (χ0) is 2.71. The molecule has 0 aliphatic heterocycles. The first-order chi connectivity index (χ1) is 1.41. The minimum atomic E-state index is -0.972. The Morgan fingerprint density at radius 2 is 1.20 bits per heavy atom. The van der Waals surface area contributed by atoms with Crippen LogP contribution in [0.1, 0.15) is 0 Å². The Morgan fingerprint density at radius 3 is 1.20 bits per heavy atom. The Bertz CT molecular complexity index is 6.85. The molecular weight excluding hydrogens is 328 g/mol. The second-order valence-electron chi connectivity index (χ2n) is 0.0714. The van der Waals surface area contributed by atoms with Crippen molar-refractivity contribution in [1.29, 1.82) is 0 Å². The van der Waals surface area contributed by atoms with Crippen molar-refractivity contribution in [3.8, 4) is 0 Å². The average molecular weight is 332 g/mol. The molecule has 0 aromatic rings. The van der Waals surface area contributed by atoms with Crippen LogP contribution in [-0.4, -0.2) is 21.8 Å². The average Bonchev–Trinajstić information content (AvgIpc) is 0.918. The predicted molar refractivity (Wildman–Crippen MR) is 23.4 cm³/mol. The molecule has 4 N–H and O–H groups in total. The van der Waals surface area contributed by atoms with Gasteiger partial charge in [-0.1, -0.05) is 0 Å². The Labute approximate surface area is 56.6 Å². The van der Waals surface area contributed by atoms with Crippen LogP contribution in [0.15, 0.2) is 0 Å². The summed E-state index contributed by atoms with van der Waals surface area (Å²) in [7, 11) is 9.92. The van der Waals surface area contributed by atoms with Gasteiger partial charge in [-0.2, -0.15) is 0 Å². The van der Waals surface area contributed by atoms with Crippen LogP contribution in [0, 0.1) is 0 Å². The second-order valence-corrected chi connectivity index (χ2v) is 5.64. The summed E-state index contributed by atoms with van der Waals surface area (Å²) in [6.07, 6.45) is 0. The summed E-state index contributed by atoms with van der Waals surface area (Å²) in [6.45, 7) is 0. The van der Waals surface area contributed by atoms with Crippen LogP contribution in [0.2, 0.25) is 0 Å². The van der Waals surface area contributed by atoms with Gasteiger partial charge in [0.15, 0.2) is 0 Å². The molecule has 0 amide bonds. The molecule has 0 atom stereocenters. The van der Waals surface area contributed by atoms with Crippen LogP contribution in [0.4, 0.5) is 0 Å². The van der Waals surface area contributed by atoms with E-state index >= 15 is 0 Å². The molecule has 0 rings (SSSR count). The molecule has 5 heavy (non-hydrogen) atoms. The van der Waals surface area contributed by atoms with E-state index in [1.807, 2.05) is 0 Å². The predicted octanol–water partition coefficient (Wildman–Crippen LogP) is -1.62. The molecule has 0 heterocycles. The minimum absolute atomic E-state index is 0. The molecule has 0 saturated heterocycles. The first-order valence-corrected chi connectivity index (χ1v) is 9.95. The molecule has 0 unspecified atom stereocenters. The van der Waals surface area contributed by atoms with Crippen LogP contribution in [0.5, 0.6) is 0 Å². The van der Waals surface area contributed by atoms with Gasteiger partial charge < -0.3 is 18.6 Å². The number of halogens is 3. The van der Waals surface area contributed by atoms with E-state index in [4.69, 9.17) is 16.6 Å². The molecule has 2 radical (unpaired) electrons. The van der Waals surface area contributed by atoms with Crippen molar-refractivity contribution in [2.45, 2.75) is 0 Å². The molecule has 5 heteroatoms. The van der Waals surface area contributed by atoms with Crippen molar-refractivity contribution in [3.63, 3.8) is 0 Å². The third kappa shape index (κ3) is 26.4. The van der Waals surface area contributed by atoms with Crippen LogP contribution in [0.3, 0.4) is 0 Å². The fraction of sp³-hybridized carbons (Fsp3) is 0. The summed E-state index contributed by atoms with van der Waals surface area (Å²) in [4.78, 5) is 0. The van der Waals surface area contributed by atoms with Crippen LogP contribution < -0.4 is 18.6 Å². The summed E-state index contributed by atoms with van der Waals surface area (Å²) in [5.74, 6) is 0. The second kappa shape index (κ2) is 17.2. The Hall–Kier alpha value is 1.75. The molecule has 0 fully saturated rings. The van der Waals surface area contributed by atoms with Gasteiger partial charge in [-0.25, -0.2) is 0 Å². The molecule has 0 aliphatic carbocycles. The van der Waals surface area contributed by atoms with Gasteiger partial charge >= 0.3 is 38.4 Å². The van der Waals surface area contributed by atoms with Gasteiger partial charge in [0.1, 0.15) is 0 Å². The molecule has 0 aliphatic rings. The maximum atomic E-state index is 4.96. The molecular formula is H4Cl3NPb. The van der Waals surface area contributed by atoms with E-state index in [9.17, 15) is 0 Å². The molecule has 0 aromatic carbocycles. The molecule has 0 saturated carbocycles. The van der Waals surface area contributed by atoms with Crippen molar-refractivity contribution >= 4 is 38.4 Å². The van der Waals surface area contributed by atoms with Gasteiger partial charge in [-0.05, 0) is 0 Å². The van der Waals surface area contributed by atoms with Crippen molar-refractivity contribution in [1.82, 2.24) is 6.15 Å². The first kappa shape index (κ1) is 15.9. The van der Waals surface area contributed by atoms with Gasteiger partial charge in [0.2, 0.25) is 0 Å². The SMILES string of the molecule is [Cl-].[Cl][Pb][Cl].[NH4+]. The smallest absolute Gasteiger partial charge is 0.369 e. The van der Waals surface area contributed by atoms with Gasteiger partial charge in [-0.3, -0.25) is 0 Å². The quantitative estimate of drug-likeness (QED) is 0.518. The number of hydrogen-bond donors (Lipinski definition) is 1. The van der Waals surface area contributed by atoms with Gasteiger partial charge in [0.25, 0.3) is 0 Å². The number of hydrogen-bond acceptors (Lipinski definition) is 0. The molecule has 34 valence electrons. The first-order valence-electron chi connectivity index (χ1n) is 0.378. The van der Waals surface area contributed by atoms with Crippen LogP contribution in [0.25, 0.3) is 0 Å². The van der Waals surface area contributed by atoms with E-state index in [2.05, 4.69) is 0 Å². The zero-order valence-electron chi connectivity index (χ0n) is 2.63. The van der Waals surface area contributed by atoms with E-state index in [-0.39, 0.29) is 18.6 Å². The minimum Gasteiger partial charge on any atom is -0.369 e. The van der Waals surface area contributed by atoms with Crippen molar-refractivity contribution in [3.05, 3.63) is 0 Å². The fourth-order valence-electron chi connectivity index (χ4n) is 0. The fourth-order valence-corrected chi connectivity index (χ4v) is 0. The normalized spacial score (nSPS) is 3.60. The third-order valence-corrected chi connectivity index (χ3v) is 0. The van der Waals surface area contributed by atoms with E-state index in [0.29, 0.717) is 0 Å². The molecule has 1 nitrogen and oxygen atoms in total. The third-order valence-electron chi connectivity index (χ3n) is 0. The van der Waals surface area contributed by atoms with E-state index in [1.165, 1.54) is 0 Å².